The summed E-state index contributed by atoms with van der Waals surface area (Å²) in [4.78, 5) is 25.6. The molecule has 0 saturated heterocycles. The van der Waals surface area contributed by atoms with Gasteiger partial charge < -0.3 is 14.4 Å². The van der Waals surface area contributed by atoms with Crippen molar-refractivity contribution >= 4 is 11.9 Å². The number of carbonyl (C=O) groups excluding carboxylic acids is 1. The maximum atomic E-state index is 12.9. The molecule has 1 aliphatic rings. The maximum Gasteiger partial charge on any atom is 0.339 e. The van der Waals surface area contributed by atoms with Crippen LogP contribution in [-0.2, 0) is 13.1 Å². The summed E-state index contributed by atoms with van der Waals surface area (Å²) in [5, 5.41) is 13.6. The van der Waals surface area contributed by atoms with Crippen molar-refractivity contribution in [2.45, 2.75) is 52.6 Å². The first-order valence-corrected chi connectivity index (χ1v) is 8.91. The van der Waals surface area contributed by atoms with Crippen molar-refractivity contribution in [2.24, 2.45) is 5.92 Å². The second-order valence-electron chi connectivity index (χ2n) is 7.44. The van der Waals surface area contributed by atoms with Gasteiger partial charge in [-0.05, 0) is 31.7 Å². The van der Waals surface area contributed by atoms with Crippen molar-refractivity contribution in [2.75, 3.05) is 7.05 Å². The number of carbonyl (C=O) groups is 2. The summed E-state index contributed by atoms with van der Waals surface area (Å²) in [5.41, 5.74) is 1.79. The Balaban J connectivity index is 1.79. The molecule has 26 heavy (non-hydrogen) atoms. The smallest absolute Gasteiger partial charge is 0.339 e. The minimum absolute atomic E-state index is 0.118. The molecule has 3 rings (SSSR count). The topological polar surface area (TPSA) is 88.6 Å². The number of aryl methyl sites for hydroxylation is 1. The number of carboxylic acids is 1. The Kier molecular flexibility index (Phi) is 4.89. The van der Waals surface area contributed by atoms with Crippen LogP contribution >= 0.6 is 0 Å². The molecule has 0 aliphatic heterocycles. The van der Waals surface area contributed by atoms with Crippen molar-refractivity contribution in [1.29, 1.82) is 0 Å². The van der Waals surface area contributed by atoms with E-state index in [1.165, 1.54) is 6.07 Å². The quantitative estimate of drug-likeness (QED) is 0.819. The van der Waals surface area contributed by atoms with Crippen molar-refractivity contribution < 1.29 is 19.1 Å². The van der Waals surface area contributed by atoms with Gasteiger partial charge in [-0.3, -0.25) is 9.48 Å². The zero-order valence-electron chi connectivity index (χ0n) is 15.7. The van der Waals surface area contributed by atoms with Gasteiger partial charge in [0.25, 0.3) is 5.91 Å². The monoisotopic (exact) mass is 359 g/mol. The summed E-state index contributed by atoms with van der Waals surface area (Å²) in [5.74, 6) is 0.516. The van der Waals surface area contributed by atoms with Crippen LogP contribution < -0.4 is 0 Å². The van der Waals surface area contributed by atoms with Crippen LogP contribution in [0.4, 0.5) is 0 Å². The van der Waals surface area contributed by atoms with Crippen LogP contribution in [-0.4, -0.2) is 38.7 Å². The number of rotatable bonds is 7. The predicted octanol–water partition coefficient (Wildman–Crippen LogP) is 3.29. The van der Waals surface area contributed by atoms with Crippen molar-refractivity contribution in [1.82, 2.24) is 14.7 Å². The average Bonchev–Trinajstić information content (AvgIpc) is 3.21. The zero-order chi connectivity index (χ0) is 19.0. The van der Waals surface area contributed by atoms with Crippen LogP contribution in [0.15, 0.2) is 16.7 Å². The Labute approximate surface area is 152 Å². The fourth-order valence-corrected chi connectivity index (χ4v) is 3.18. The molecule has 1 N–H and O–H groups in total. The van der Waals surface area contributed by atoms with E-state index in [9.17, 15) is 9.59 Å². The molecule has 0 aromatic carbocycles. The highest BCUT2D eigenvalue weighted by Crippen LogP contribution is 2.42. The van der Waals surface area contributed by atoms with E-state index in [0.717, 1.165) is 25.1 Å². The van der Waals surface area contributed by atoms with Crippen molar-refractivity contribution in [3.63, 3.8) is 0 Å². The number of aromatic carboxylic acids is 1. The summed E-state index contributed by atoms with van der Waals surface area (Å²) in [7, 11) is 1.69. The summed E-state index contributed by atoms with van der Waals surface area (Å²) in [6, 6.07) is 1.48. The van der Waals surface area contributed by atoms with E-state index in [1.54, 1.807) is 25.1 Å². The molecule has 2 aromatic rings. The van der Waals surface area contributed by atoms with Crippen LogP contribution in [0.5, 0.6) is 0 Å². The predicted molar refractivity (Wildman–Crippen MR) is 95.2 cm³/mol. The Morgan fingerprint density at radius 3 is 2.62 bits per heavy atom. The van der Waals surface area contributed by atoms with E-state index in [0.29, 0.717) is 28.9 Å². The highest BCUT2D eigenvalue weighted by atomic mass is 16.4. The summed E-state index contributed by atoms with van der Waals surface area (Å²) < 4.78 is 7.45. The van der Waals surface area contributed by atoms with Gasteiger partial charge in [-0.15, -0.1) is 0 Å². The Morgan fingerprint density at radius 1 is 1.38 bits per heavy atom. The third kappa shape index (κ3) is 3.66. The normalized spacial score (nSPS) is 14.0. The van der Waals surface area contributed by atoms with Gasteiger partial charge in [0.2, 0.25) is 0 Å². The molecule has 0 unspecified atom stereocenters. The molecule has 2 aromatic heterocycles. The van der Waals surface area contributed by atoms with Crippen LogP contribution in [0.1, 0.15) is 70.5 Å². The molecule has 140 valence electrons. The lowest BCUT2D eigenvalue weighted by atomic mass is 10.1. The van der Waals surface area contributed by atoms with Crippen molar-refractivity contribution in [3.8, 4) is 0 Å². The number of hydrogen-bond acceptors (Lipinski definition) is 4. The fourth-order valence-electron chi connectivity index (χ4n) is 3.18. The summed E-state index contributed by atoms with van der Waals surface area (Å²) >= 11 is 0. The molecule has 2 heterocycles. The molecule has 7 heteroatoms. The summed E-state index contributed by atoms with van der Waals surface area (Å²) in [6.45, 7) is 6.88. The molecular weight excluding hydrogens is 334 g/mol. The van der Waals surface area contributed by atoms with E-state index in [1.807, 2.05) is 4.68 Å². The van der Waals surface area contributed by atoms with Gasteiger partial charge >= 0.3 is 5.97 Å². The Morgan fingerprint density at radius 2 is 2.08 bits per heavy atom. The SMILES string of the molecule is Cc1oc(CN(C)C(=O)c2cnn(CC(C)C)c2C2CC2)cc1C(=O)O. The second-order valence-corrected chi connectivity index (χ2v) is 7.44. The largest absolute Gasteiger partial charge is 0.478 e. The first-order chi connectivity index (χ1) is 12.3. The van der Waals surface area contributed by atoms with Crippen LogP contribution in [0.2, 0.25) is 0 Å². The number of nitrogens with zero attached hydrogens (tertiary/aromatic N) is 3. The lowest BCUT2D eigenvalue weighted by molar-refractivity contribution is 0.0694. The maximum absolute atomic E-state index is 12.9. The number of hydrogen-bond donors (Lipinski definition) is 1. The Hall–Kier alpha value is -2.57. The molecule has 0 bridgehead atoms. The highest BCUT2D eigenvalue weighted by molar-refractivity contribution is 5.95. The minimum Gasteiger partial charge on any atom is -0.478 e. The van der Waals surface area contributed by atoms with Gasteiger partial charge in [0.15, 0.2) is 0 Å². The van der Waals surface area contributed by atoms with Crippen LogP contribution in [0.25, 0.3) is 0 Å². The second kappa shape index (κ2) is 6.97. The van der Waals surface area contributed by atoms with Gasteiger partial charge in [0.05, 0.1) is 24.0 Å². The van der Waals surface area contributed by atoms with E-state index >= 15 is 0 Å². The highest BCUT2D eigenvalue weighted by Gasteiger charge is 2.33. The van der Waals surface area contributed by atoms with E-state index < -0.39 is 5.97 Å². The fraction of sp³-hybridized carbons (Fsp3) is 0.526. The third-order valence-electron chi connectivity index (χ3n) is 4.55. The molecule has 0 atom stereocenters. The number of amides is 1. The van der Waals surface area contributed by atoms with Gasteiger partial charge in [0, 0.05) is 19.5 Å². The zero-order valence-corrected chi connectivity index (χ0v) is 15.7. The molecule has 1 fully saturated rings. The lowest BCUT2D eigenvalue weighted by Crippen LogP contribution is -2.27. The minimum atomic E-state index is -1.03. The molecule has 0 spiro atoms. The van der Waals surface area contributed by atoms with Crippen LogP contribution in [0.3, 0.4) is 0 Å². The van der Waals surface area contributed by atoms with Crippen LogP contribution in [0, 0.1) is 12.8 Å². The molecule has 1 aliphatic carbocycles. The molecule has 1 saturated carbocycles. The number of aromatic nitrogens is 2. The average molecular weight is 359 g/mol. The molecular formula is C19H25N3O4. The molecule has 0 radical (unpaired) electrons. The van der Waals surface area contributed by atoms with Gasteiger partial charge in [-0.1, -0.05) is 13.8 Å². The van der Waals surface area contributed by atoms with E-state index in [4.69, 9.17) is 9.52 Å². The van der Waals surface area contributed by atoms with Crippen molar-refractivity contribution in [3.05, 3.63) is 40.6 Å². The lowest BCUT2D eigenvalue weighted by Gasteiger charge is -2.17. The number of carboxylic acid groups (broad SMARTS) is 1. The van der Waals surface area contributed by atoms with E-state index in [-0.39, 0.29) is 18.0 Å². The van der Waals surface area contributed by atoms with Gasteiger partial charge in [-0.25, -0.2) is 4.79 Å². The first kappa shape index (κ1) is 18.2. The van der Waals surface area contributed by atoms with Gasteiger partial charge in [0.1, 0.15) is 17.1 Å². The summed E-state index contributed by atoms with van der Waals surface area (Å²) in [6.07, 6.45) is 3.84. The number of furan rings is 1. The standard InChI is InChI=1S/C19H25N3O4/c1-11(2)9-22-17(13-5-6-13)16(8-20-22)18(23)21(4)10-14-7-15(19(24)25)12(3)26-14/h7-8,11,13H,5-6,9-10H2,1-4H3,(H,24,25). The van der Waals surface area contributed by atoms with Gasteiger partial charge in [-0.2, -0.15) is 5.10 Å². The first-order valence-electron chi connectivity index (χ1n) is 8.91. The third-order valence-corrected chi connectivity index (χ3v) is 4.55. The Bertz CT molecular complexity index is 830. The van der Waals surface area contributed by atoms with E-state index in [2.05, 4.69) is 18.9 Å². The molecule has 1 amide bonds. The molecule has 7 nitrogen and oxygen atoms in total.